The third-order valence-corrected chi connectivity index (χ3v) is 9.25. The van der Waals surface area contributed by atoms with Crippen LogP contribution in [0, 0.1) is 16.7 Å². The van der Waals surface area contributed by atoms with E-state index in [-0.39, 0.29) is 29.8 Å². The molecule has 3 aliphatic carbocycles. The highest BCUT2D eigenvalue weighted by Gasteiger charge is 2.74. The molecule has 47 heavy (non-hydrogen) atoms. The maximum Gasteiger partial charge on any atom is 0.319 e. The fraction of sp³-hybridized carbons (Fsp3) is 0.344. The zero-order valence-corrected chi connectivity index (χ0v) is 26.2. The Hall–Kier alpha value is -5.43. The predicted molar refractivity (Wildman–Crippen MR) is 171 cm³/mol. The molecular weight excluding hydrogens is 608 g/mol. The number of fused-ring (bicyclic) bond motifs is 3. The smallest absolute Gasteiger partial charge is 0.319 e. The molecule has 0 unspecified atom stereocenters. The van der Waals surface area contributed by atoms with E-state index < -0.39 is 80.9 Å². The van der Waals surface area contributed by atoms with Crippen molar-refractivity contribution in [3.63, 3.8) is 0 Å². The normalized spacial score (nSPS) is 26.6. The summed E-state index contributed by atoms with van der Waals surface area (Å²) in [6.07, 6.45) is -0.727. The van der Waals surface area contributed by atoms with Crippen LogP contribution in [0.5, 0.6) is 5.75 Å². The Bertz CT molecular complexity index is 1850. The summed E-state index contributed by atoms with van der Waals surface area (Å²) in [4.78, 5) is 56.4. The first-order chi connectivity index (χ1) is 22.0. The molecule has 3 amide bonds. The molecule has 0 heterocycles. The van der Waals surface area contributed by atoms with Gasteiger partial charge in [0.05, 0.1) is 40.0 Å². The fourth-order valence-corrected chi connectivity index (χ4v) is 7.32. The Morgan fingerprint density at radius 3 is 2.28 bits per heavy atom. The van der Waals surface area contributed by atoms with Crippen LogP contribution in [0.25, 0.3) is 5.76 Å². The molecule has 246 valence electrons. The van der Waals surface area contributed by atoms with Crippen LogP contribution in [0.2, 0.25) is 0 Å². The largest absolute Gasteiger partial charge is 0.509 e. The third-order valence-electron chi connectivity index (χ3n) is 9.25. The van der Waals surface area contributed by atoms with Gasteiger partial charge < -0.3 is 48.1 Å². The van der Waals surface area contributed by atoms with E-state index in [1.807, 2.05) is 30.3 Å². The van der Waals surface area contributed by atoms with Gasteiger partial charge in [0.1, 0.15) is 17.1 Å². The highest BCUT2D eigenvalue weighted by Crippen LogP contribution is 2.59. The number of anilines is 2. The summed E-state index contributed by atoms with van der Waals surface area (Å²) in [5.41, 5.74) is 12.0. The Kier molecular flexibility index (Phi) is 7.80. The van der Waals surface area contributed by atoms with E-state index in [2.05, 4.69) is 10.6 Å². The number of nitrogens with zero attached hydrogens (tertiary/aromatic N) is 3. The number of urea groups is 1. The van der Waals surface area contributed by atoms with Crippen molar-refractivity contribution in [2.24, 2.45) is 22.6 Å². The summed E-state index contributed by atoms with van der Waals surface area (Å²) in [5.74, 6) is -6.30. The summed E-state index contributed by atoms with van der Waals surface area (Å²) in [6.45, 7) is 0.177. The fourth-order valence-electron chi connectivity index (χ4n) is 7.32. The molecule has 0 radical (unpaired) electrons. The Balaban J connectivity index is 1.70. The van der Waals surface area contributed by atoms with E-state index in [9.17, 15) is 39.8 Å². The average molecular weight is 645 g/mol. The number of nitriles is 1. The minimum Gasteiger partial charge on any atom is -0.509 e. The van der Waals surface area contributed by atoms with Gasteiger partial charge in [-0.25, -0.2) is 4.79 Å². The van der Waals surface area contributed by atoms with Crippen LogP contribution in [0.4, 0.5) is 16.2 Å². The van der Waals surface area contributed by atoms with E-state index in [1.165, 1.54) is 25.1 Å². The lowest BCUT2D eigenvalue weighted by Crippen LogP contribution is -2.80. The number of likely N-dealkylation sites (N-methyl/N-ethyl adjacent to an activating group) is 1. The first kappa shape index (κ1) is 32.9. The number of phenolic OH excluding ortho intramolecular Hbond substituents is 1. The number of carbonyl (C=O) groups is 4. The van der Waals surface area contributed by atoms with Gasteiger partial charge in [-0.3, -0.25) is 19.3 Å². The van der Waals surface area contributed by atoms with Gasteiger partial charge in [0.15, 0.2) is 22.7 Å². The van der Waals surface area contributed by atoms with Gasteiger partial charge in [0.25, 0.3) is 5.91 Å². The molecule has 3 aliphatic rings. The average Bonchev–Trinajstić information content (AvgIpc) is 2.96. The molecule has 1 saturated carbocycles. The minimum absolute atomic E-state index is 0.115. The summed E-state index contributed by atoms with van der Waals surface area (Å²) in [6, 6.07) is 10.1. The van der Waals surface area contributed by atoms with E-state index >= 15 is 0 Å². The second kappa shape index (κ2) is 11.1. The number of amides is 3. The maximum absolute atomic E-state index is 14.6. The molecule has 0 bridgehead atoms. The Morgan fingerprint density at radius 1 is 1.09 bits per heavy atom. The number of benzene rings is 2. The molecule has 0 aromatic heterocycles. The van der Waals surface area contributed by atoms with Crippen molar-refractivity contribution in [2.45, 2.75) is 36.5 Å². The molecule has 0 aliphatic heterocycles. The lowest BCUT2D eigenvalue weighted by atomic mass is 9.47. The molecule has 1 fully saturated rings. The summed E-state index contributed by atoms with van der Waals surface area (Å²) in [5, 5.41) is 50.5. The number of primary amides is 1. The summed E-state index contributed by atoms with van der Waals surface area (Å²) < 4.78 is 0. The second-order valence-electron chi connectivity index (χ2n) is 12.6. The van der Waals surface area contributed by atoms with E-state index in [0.717, 1.165) is 5.56 Å². The lowest BCUT2D eigenvalue weighted by molar-refractivity contribution is -0.139. The van der Waals surface area contributed by atoms with Gasteiger partial charge in [0.2, 0.25) is 0 Å². The second-order valence-corrected chi connectivity index (χ2v) is 12.6. The quantitative estimate of drug-likeness (QED) is 0.156. The van der Waals surface area contributed by atoms with Gasteiger partial charge in [-0.1, -0.05) is 30.3 Å². The Labute approximate surface area is 269 Å². The van der Waals surface area contributed by atoms with Crippen molar-refractivity contribution >= 4 is 40.6 Å². The minimum atomic E-state index is -2.78. The standard InChI is InChI=1S/C32H36N8O7/c1-39(2)18-10-17(38-29(47)37-12-15-8-6-5-7-9-15)22(41)19-16(18)11-30(35)13-32(36)25(40(3)4)24(43)20(28(34)46)26(44)31(32,14-33)27(45)21(30)23(19)42/h5-10,25,41-42,44H,11-13,35-36H2,1-4H3,(H2,34,46)(H2,37,38,47)/t25-,30-,31+,32-/m1/s1. The summed E-state index contributed by atoms with van der Waals surface area (Å²) >= 11 is 0. The number of rotatable bonds is 6. The molecule has 4 atom stereocenters. The van der Waals surface area contributed by atoms with Crippen molar-refractivity contribution in [3.05, 3.63) is 70.0 Å². The molecule has 2 aromatic rings. The first-order valence-corrected chi connectivity index (χ1v) is 14.5. The zero-order chi connectivity index (χ0) is 34.8. The van der Waals surface area contributed by atoms with E-state index in [1.54, 1.807) is 25.1 Å². The number of aromatic hydroxyl groups is 1. The molecule has 15 heteroatoms. The number of nitrogens with two attached hydrogens (primary N) is 3. The molecule has 0 spiro atoms. The van der Waals surface area contributed by atoms with Gasteiger partial charge in [-0.2, -0.15) is 5.26 Å². The molecule has 2 aromatic carbocycles. The van der Waals surface area contributed by atoms with Crippen LogP contribution in [-0.4, -0.2) is 89.0 Å². The van der Waals surface area contributed by atoms with E-state index in [0.29, 0.717) is 5.69 Å². The molecule has 0 saturated heterocycles. The highest BCUT2D eigenvalue weighted by molar-refractivity contribution is 6.25. The number of phenols is 1. The molecular formula is C32H36N8O7. The van der Waals surface area contributed by atoms with Crippen molar-refractivity contribution in [1.82, 2.24) is 10.2 Å². The van der Waals surface area contributed by atoms with Crippen LogP contribution in [0.15, 0.2) is 53.3 Å². The SMILES string of the molecule is CN(C)c1cc(NC(=O)NCc2ccccc2)c(O)c2c1C[C@@]1(N)C[C@@]3(N)[C@H](N(C)C)C(=O)C(C(N)=O)=C(O)[C@@]3(C#N)C(=O)C1=C2O. The van der Waals surface area contributed by atoms with Crippen molar-refractivity contribution in [1.29, 1.82) is 5.26 Å². The third kappa shape index (κ3) is 4.60. The van der Waals surface area contributed by atoms with Gasteiger partial charge in [-0.15, -0.1) is 0 Å². The maximum atomic E-state index is 14.6. The van der Waals surface area contributed by atoms with Crippen LogP contribution in [0.3, 0.4) is 0 Å². The number of Topliss-reactive ketones (excluding diaryl/α,β-unsaturated/α-hetero) is 2. The number of nitrogens with one attached hydrogen (secondary N) is 2. The first-order valence-electron chi connectivity index (χ1n) is 14.5. The van der Waals surface area contributed by atoms with Crippen LogP contribution in [0.1, 0.15) is 23.1 Å². The summed E-state index contributed by atoms with van der Waals surface area (Å²) in [7, 11) is 6.25. The number of carbonyl (C=O) groups excluding carboxylic acids is 4. The predicted octanol–water partition coefficient (Wildman–Crippen LogP) is 0.293. The monoisotopic (exact) mass is 644 g/mol. The topological polar surface area (TPSA) is 261 Å². The molecule has 15 nitrogen and oxygen atoms in total. The number of hydrogen-bond acceptors (Lipinski definition) is 12. The van der Waals surface area contributed by atoms with Gasteiger partial charge in [0, 0.05) is 26.3 Å². The lowest BCUT2D eigenvalue weighted by Gasteiger charge is -2.58. The van der Waals surface area contributed by atoms with Crippen LogP contribution < -0.4 is 32.7 Å². The van der Waals surface area contributed by atoms with Gasteiger partial charge >= 0.3 is 6.03 Å². The van der Waals surface area contributed by atoms with Crippen molar-refractivity contribution < 1.29 is 34.5 Å². The molecule has 5 rings (SSSR count). The highest BCUT2D eigenvalue weighted by atomic mass is 16.3. The number of aliphatic hydroxyl groups excluding tert-OH is 2. The number of hydrogen-bond donors (Lipinski definition) is 8. The van der Waals surface area contributed by atoms with Crippen LogP contribution in [-0.2, 0) is 27.3 Å². The Morgan fingerprint density at radius 2 is 1.72 bits per heavy atom. The number of ketones is 2. The number of aliphatic hydroxyl groups is 2. The van der Waals surface area contributed by atoms with E-state index in [4.69, 9.17) is 17.2 Å². The molecule has 11 N–H and O–H groups in total. The van der Waals surface area contributed by atoms with Crippen molar-refractivity contribution in [3.8, 4) is 11.8 Å². The van der Waals surface area contributed by atoms with Crippen molar-refractivity contribution in [2.75, 3.05) is 38.4 Å². The van der Waals surface area contributed by atoms with Crippen LogP contribution >= 0.6 is 0 Å². The van der Waals surface area contributed by atoms with Gasteiger partial charge in [-0.05, 0) is 44.1 Å². The zero-order valence-electron chi connectivity index (χ0n) is 26.2.